The zero-order chi connectivity index (χ0) is 12.0. The molecule has 1 rings (SSSR count). The topological polar surface area (TPSA) is 39.1 Å². The molecule has 1 aliphatic heterocycles. The van der Waals surface area contributed by atoms with E-state index in [0.717, 1.165) is 18.9 Å². The zero-order valence-electron chi connectivity index (χ0n) is 10.9. The van der Waals surface area contributed by atoms with Gasteiger partial charge < -0.3 is 4.90 Å². The Hall–Kier alpha value is -0.590. The normalized spacial score (nSPS) is 24.3. The Labute approximate surface area is 99.8 Å². The first kappa shape index (κ1) is 13.5. The molecular weight excluding hydrogens is 198 g/mol. The van der Waals surface area contributed by atoms with Crippen molar-refractivity contribution >= 4 is 0 Å². The maximum Gasteiger partial charge on any atom is 0.0967 e. The highest BCUT2D eigenvalue weighted by molar-refractivity contribution is 4.91. The summed E-state index contributed by atoms with van der Waals surface area (Å²) in [4.78, 5) is 2.50. The van der Waals surface area contributed by atoms with Crippen LogP contribution >= 0.6 is 0 Å². The summed E-state index contributed by atoms with van der Waals surface area (Å²) in [7, 11) is 0. The summed E-state index contributed by atoms with van der Waals surface area (Å²) < 4.78 is 0. The van der Waals surface area contributed by atoms with Gasteiger partial charge in [0.25, 0.3) is 0 Å². The standard InChI is InChI=1S/C13H25N3/c1-11(2)15-13(9-14)6-8-16-7-4-5-12(3)10-16/h11-13,15H,4-8,10H2,1-3H3. The molecule has 0 bridgehead atoms. The summed E-state index contributed by atoms with van der Waals surface area (Å²) >= 11 is 0. The molecule has 16 heavy (non-hydrogen) atoms. The summed E-state index contributed by atoms with van der Waals surface area (Å²) in [6, 6.07) is 2.75. The number of likely N-dealkylation sites (tertiary alicyclic amines) is 1. The molecule has 0 aromatic carbocycles. The van der Waals surface area contributed by atoms with E-state index in [1.165, 1.54) is 25.9 Å². The van der Waals surface area contributed by atoms with Gasteiger partial charge in [0.1, 0.15) is 0 Å². The monoisotopic (exact) mass is 223 g/mol. The maximum absolute atomic E-state index is 9.03. The van der Waals surface area contributed by atoms with E-state index >= 15 is 0 Å². The van der Waals surface area contributed by atoms with E-state index in [4.69, 9.17) is 5.26 Å². The number of nitrogens with one attached hydrogen (secondary N) is 1. The van der Waals surface area contributed by atoms with E-state index < -0.39 is 0 Å². The van der Waals surface area contributed by atoms with Crippen molar-refractivity contribution in [2.75, 3.05) is 19.6 Å². The molecule has 2 atom stereocenters. The average Bonchev–Trinajstić information content (AvgIpc) is 2.24. The predicted octanol–water partition coefficient (Wildman–Crippen LogP) is 2.00. The molecule has 3 nitrogen and oxygen atoms in total. The molecule has 1 fully saturated rings. The van der Waals surface area contributed by atoms with Crippen LogP contribution in [0.5, 0.6) is 0 Å². The molecule has 3 heteroatoms. The van der Waals surface area contributed by atoms with E-state index in [1.807, 2.05) is 0 Å². The second-order valence-corrected chi connectivity index (χ2v) is 5.34. The lowest BCUT2D eigenvalue weighted by molar-refractivity contribution is 0.178. The van der Waals surface area contributed by atoms with E-state index in [9.17, 15) is 0 Å². The number of rotatable bonds is 5. The van der Waals surface area contributed by atoms with Gasteiger partial charge in [-0.25, -0.2) is 0 Å². The fourth-order valence-electron chi connectivity index (χ4n) is 2.39. The summed E-state index contributed by atoms with van der Waals surface area (Å²) in [5.41, 5.74) is 0. The molecule has 0 aliphatic carbocycles. The first-order valence-electron chi connectivity index (χ1n) is 6.50. The van der Waals surface area contributed by atoms with Crippen molar-refractivity contribution in [1.82, 2.24) is 10.2 Å². The van der Waals surface area contributed by atoms with Gasteiger partial charge in [0, 0.05) is 19.1 Å². The molecule has 2 unspecified atom stereocenters. The van der Waals surface area contributed by atoms with Crippen LogP contribution in [0.1, 0.15) is 40.0 Å². The molecule has 92 valence electrons. The Bertz CT molecular complexity index is 232. The molecule has 1 saturated heterocycles. The molecule has 1 aliphatic rings. The minimum absolute atomic E-state index is 0.0113. The van der Waals surface area contributed by atoms with Gasteiger partial charge in [-0.2, -0.15) is 5.26 Å². The quantitative estimate of drug-likeness (QED) is 0.775. The summed E-state index contributed by atoms with van der Waals surface area (Å²) in [5.74, 6) is 0.826. The van der Waals surface area contributed by atoms with E-state index in [-0.39, 0.29) is 6.04 Å². The zero-order valence-corrected chi connectivity index (χ0v) is 10.9. The Morgan fingerprint density at radius 1 is 1.50 bits per heavy atom. The Morgan fingerprint density at radius 2 is 2.25 bits per heavy atom. The average molecular weight is 223 g/mol. The van der Waals surface area contributed by atoms with E-state index in [1.54, 1.807) is 0 Å². The molecule has 1 N–H and O–H groups in total. The SMILES string of the molecule is CC1CCCN(CCC(C#N)NC(C)C)C1. The second-order valence-electron chi connectivity index (χ2n) is 5.34. The van der Waals surface area contributed by atoms with Crippen LogP contribution in [0, 0.1) is 17.2 Å². The van der Waals surface area contributed by atoms with Crippen LogP contribution in [0.2, 0.25) is 0 Å². The highest BCUT2D eigenvalue weighted by Gasteiger charge is 2.17. The molecule has 0 amide bonds. The van der Waals surface area contributed by atoms with Crippen LogP contribution in [-0.4, -0.2) is 36.6 Å². The van der Waals surface area contributed by atoms with Crippen LogP contribution in [0.15, 0.2) is 0 Å². The van der Waals surface area contributed by atoms with Crippen LogP contribution in [0.4, 0.5) is 0 Å². The van der Waals surface area contributed by atoms with Crippen LogP contribution in [0.25, 0.3) is 0 Å². The highest BCUT2D eigenvalue weighted by atomic mass is 15.1. The maximum atomic E-state index is 9.03. The third-order valence-electron chi connectivity index (χ3n) is 3.17. The fourth-order valence-corrected chi connectivity index (χ4v) is 2.39. The number of nitrogens with zero attached hydrogens (tertiary/aromatic N) is 2. The molecule has 0 aromatic heterocycles. The fraction of sp³-hybridized carbons (Fsp3) is 0.923. The van der Waals surface area contributed by atoms with Crippen molar-refractivity contribution < 1.29 is 0 Å². The van der Waals surface area contributed by atoms with Gasteiger partial charge in [0.2, 0.25) is 0 Å². The van der Waals surface area contributed by atoms with E-state index in [2.05, 4.69) is 37.1 Å². The molecule has 0 radical (unpaired) electrons. The number of hydrogen-bond acceptors (Lipinski definition) is 3. The van der Waals surface area contributed by atoms with Gasteiger partial charge in [-0.15, -0.1) is 0 Å². The lowest BCUT2D eigenvalue weighted by Gasteiger charge is -2.31. The number of nitriles is 1. The van der Waals surface area contributed by atoms with Crippen molar-refractivity contribution in [2.24, 2.45) is 5.92 Å². The van der Waals surface area contributed by atoms with Crippen LogP contribution in [-0.2, 0) is 0 Å². The Balaban J connectivity index is 2.24. The van der Waals surface area contributed by atoms with Crippen LogP contribution in [0.3, 0.4) is 0 Å². The van der Waals surface area contributed by atoms with E-state index in [0.29, 0.717) is 6.04 Å². The molecule has 1 heterocycles. The first-order chi connectivity index (χ1) is 7.61. The smallest absolute Gasteiger partial charge is 0.0967 e. The van der Waals surface area contributed by atoms with Crippen molar-refractivity contribution in [2.45, 2.75) is 52.1 Å². The van der Waals surface area contributed by atoms with Gasteiger partial charge in [-0.05, 0) is 45.6 Å². The van der Waals surface area contributed by atoms with Crippen molar-refractivity contribution in [1.29, 1.82) is 5.26 Å². The number of piperidine rings is 1. The third-order valence-corrected chi connectivity index (χ3v) is 3.17. The minimum Gasteiger partial charge on any atom is -0.303 e. The molecule has 0 saturated carbocycles. The van der Waals surface area contributed by atoms with Crippen molar-refractivity contribution in [3.8, 4) is 6.07 Å². The molecular formula is C13H25N3. The van der Waals surface area contributed by atoms with Crippen molar-refractivity contribution in [3.05, 3.63) is 0 Å². The lowest BCUT2D eigenvalue weighted by atomic mass is 10.00. The lowest BCUT2D eigenvalue weighted by Crippen LogP contribution is -2.40. The minimum atomic E-state index is 0.0113. The molecule has 0 spiro atoms. The largest absolute Gasteiger partial charge is 0.303 e. The van der Waals surface area contributed by atoms with Gasteiger partial charge in [-0.1, -0.05) is 6.92 Å². The predicted molar refractivity (Wildman–Crippen MR) is 67.1 cm³/mol. The summed E-state index contributed by atoms with van der Waals surface area (Å²) in [6.45, 7) is 9.98. The van der Waals surface area contributed by atoms with Gasteiger partial charge in [-0.3, -0.25) is 5.32 Å². The highest BCUT2D eigenvalue weighted by Crippen LogP contribution is 2.15. The summed E-state index contributed by atoms with van der Waals surface area (Å²) in [6.07, 6.45) is 3.62. The van der Waals surface area contributed by atoms with Crippen LogP contribution < -0.4 is 5.32 Å². The first-order valence-corrected chi connectivity index (χ1v) is 6.50. The summed E-state index contributed by atoms with van der Waals surface area (Å²) in [5, 5.41) is 12.3. The van der Waals surface area contributed by atoms with Crippen molar-refractivity contribution in [3.63, 3.8) is 0 Å². The molecule has 0 aromatic rings. The van der Waals surface area contributed by atoms with Gasteiger partial charge in [0.05, 0.1) is 12.1 Å². The van der Waals surface area contributed by atoms with Gasteiger partial charge >= 0.3 is 0 Å². The second kappa shape index (κ2) is 6.88. The third kappa shape index (κ3) is 4.96. The van der Waals surface area contributed by atoms with Gasteiger partial charge in [0.15, 0.2) is 0 Å². The Kier molecular flexibility index (Phi) is 5.79. The Morgan fingerprint density at radius 3 is 2.81 bits per heavy atom. The number of hydrogen-bond donors (Lipinski definition) is 1.